The Labute approximate surface area is 247 Å². The van der Waals surface area contributed by atoms with E-state index >= 15 is 0 Å². The number of hydrogen-bond donors (Lipinski definition) is 7. The van der Waals surface area contributed by atoms with Gasteiger partial charge in [-0.1, -0.05) is 41.5 Å². The SMILES string of the molecule is CCC1OC(OC2C(CO)OC(OC3C(O)C(C)CC(C)C3OC3OC(CC)C(O)C(O)C3C)C2O)C(C)C(O)C1O. The molecule has 0 aromatic carbocycles. The summed E-state index contributed by atoms with van der Waals surface area (Å²) in [5.74, 6) is -1.47. The third-order valence-corrected chi connectivity index (χ3v) is 9.71. The molecule has 3 heterocycles. The molecule has 0 amide bonds. The molecule has 0 aromatic rings. The van der Waals surface area contributed by atoms with Crippen LogP contribution in [0.3, 0.4) is 0 Å². The van der Waals surface area contributed by atoms with Crippen LogP contribution in [0, 0.1) is 23.7 Å². The predicted molar refractivity (Wildman–Crippen MR) is 146 cm³/mol. The molecule has 1 saturated carbocycles. The van der Waals surface area contributed by atoms with Gasteiger partial charge in [-0.05, 0) is 31.1 Å². The highest BCUT2D eigenvalue weighted by molar-refractivity contribution is 4.97. The Hall–Kier alpha value is -0.520. The van der Waals surface area contributed by atoms with Crippen LogP contribution in [-0.4, -0.2) is 134 Å². The molecule has 13 nitrogen and oxygen atoms in total. The van der Waals surface area contributed by atoms with Crippen LogP contribution in [0.5, 0.6) is 0 Å². The monoisotopic (exact) mass is 608 g/mol. The number of aliphatic hydroxyl groups excluding tert-OH is 7. The predicted octanol–water partition coefficient (Wildman–Crippen LogP) is -0.757. The normalized spacial score (nSPS) is 53.8. The smallest absolute Gasteiger partial charge is 0.187 e. The fourth-order valence-corrected chi connectivity index (χ4v) is 6.79. The van der Waals surface area contributed by atoms with Crippen molar-refractivity contribution in [3.8, 4) is 0 Å². The molecule has 1 aliphatic carbocycles. The number of rotatable bonds is 9. The lowest BCUT2D eigenvalue weighted by atomic mass is 9.77. The lowest BCUT2D eigenvalue weighted by molar-refractivity contribution is -0.325. The van der Waals surface area contributed by atoms with Gasteiger partial charge in [0.15, 0.2) is 18.9 Å². The van der Waals surface area contributed by atoms with E-state index in [0.29, 0.717) is 19.3 Å². The molecule has 0 aromatic heterocycles. The zero-order valence-corrected chi connectivity index (χ0v) is 25.4. The van der Waals surface area contributed by atoms with E-state index in [1.54, 1.807) is 13.8 Å². The number of ether oxygens (including phenoxy) is 6. The highest BCUT2D eigenvalue weighted by atomic mass is 16.8. The van der Waals surface area contributed by atoms with Gasteiger partial charge in [-0.25, -0.2) is 0 Å². The second kappa shape index (κ2) is 14.3. The van der Waals surface area contributed by atoms with Crippen LogP contribution in [0.2, 0.25) is 0 Å². The zero-order chi connectivity index (χ0) is 31.0. The van der Waals surface area contributed by atoms with Gasteiger partial charge in [-0.3, -0.25) is 0 Å². The molecule has 0 bridgehead atoms. The second-order valence-corrected chi connectivity index (χ2v) is 12.8. The summed E-state index contributed by atoms with van der Waals surface area (Å²) in [6, 6.07) is 0. The zero-order valence-electron chi connectivity index (χ0n) is 25.4. The van der Waals surface area contributed by atoms with E-state index in [4.69, 9.17) is 28.4 Å². The van der Waals surface area contributed by atoms with Crippen LogP contribution in [-0.2, 0) is 28.4 Å². The summed E-state index contributed by atoms with van der Waals surface area (Å²) in [7, 11) is 0. The lowest BCUT2D eigenvalue weighted by Gasteiger charge is -2.47. The maximum atomic E-state index is 11.3. The van der Waals surface area contributed by atoms with E-state index in [-0.39, 0.29) is 11.8 Å². The van der Waals surface area contributed by atoms with Crippen molar-refractivity contribution < 1.29 is 64.2 Å². The summed E-state index contributed by atoms with van der Waals surface area (Å²) in [6.07, 6.45) is -13.4. The van der Waals surface area contributed by atoms with Crippen molar-refractivity contribution in [3.05, 3.63) is 0 Å². The molecule has 7 N–H and O–H groups in total. The van der Waals surface area contributed by atoms with Crippen molar-refractivity contribution in [2.24, 2.45) is 23.7 Å². The summed E-state index contributed by atoms with van der Waals surface area (Å²) in [6.45, 7) is 10.4. The van der Waals surface area contributed by atoms with Gasteiger partial charge in [-0.2, -0.15) is 0 Å². The third kappa shape index (κ3) is 6.69. The molecule has 4 rings (SSSR count). The Morgan fingerprint density at radius 3 is 1.45 bits per heavy atom. The average Bonchev–Trinajstić information content (AvgIpc) is 3.27. The first kappa shape index (κ1) is 34.4. The molecule has 0 radical (unpaired) electrons. The molecule has 0 spiro atoms. The maximum absolute atomic E-state index is 11.3. The topological polar surface area (TPSA) is 197 Å². The van der Waals surface area contributed by atoms with E-state index < -0.39 is 111 Å². The summed E-state index contributed by atoms with van der Waals surface area (Å²) in [5.41, 5.74) is 0. The van der Waals surface area contributed by atoms with Crippen molar-refractivity contribution in [2.75, 3.05) is 6.61 Å². The summed E-state index contributed by atoms with van der Waals surface area (Å²) in [4.78, 5) is 0. The maximum Gasteiger partial charge on any atom is 0.187 e. The molecule has 13 heteroatoms. The average molecular weight is 609 g/mol. The van der Waals surface area contributed by atoms with E-state index in [0.717, 1.165) is 0 Å². The van der Waals surface area contributed by atoms with E-state index in [1.807, 2.05) is 27.7 Å². The molecule has 4 fully saturated rings. The summed E-state index contributed by atoms with van der Waals surface area (Å²) in [5, 5.41) is 74.4. The number of hydrogen-bond acceptors (Lipinski definition) is 13. The van der Waals surface area contributed by atoms with Gasteiger partial charge in [0.05, 0.1) is 43.2 Å². The van der Waals surface area contributed by atoms with Gasteiger partial charge in [-0.15, -0.1) is 0 Å². The van der Waals surface area contributed by atoms with E-state index in [2.05, 4.69) is 0 Å². The minimum atomic E-state index is -1.39. The van der Waals surface area contributed by atoms with Crippen LogP contribution in [0.4, 0.5) is 0 Å². The minimum Gasteiger partial charge on any atom is -0.394 e. The van der Waals surface area contributed by atoms with Gasteiger partial charge >= 0.3 is 0 Å². The van der Waals surface area contributed by atoms with Crippen molar-refractivity contribution in [2.45, 2.75) is 153 Å². The highest BCUT2D eigenvalue weighted by Crippen LogP contribution is 2.40. The van der Waals surface area contributed by atoms with E-state index in [1.165, 1.54) is 0 Å². The van der Waals surface area contributed by atoms with Crippen molar-refractivity contribution >= 4 is 0 Å². The van der Waals surface area contributed by atoms with Gasteiger partial charge in [0.1, 0.15) is 36.6 Å². The molecule has 246 valence electrons. The lowest BCUT2D eigenvalue weighted by Crippen LogP contribution is -2.59. The summed E-state index contributed by atoms with van der Waals surface area (Å²) < 4.78 is 36.4. The van der Waals surface area contributed by atoms with Gasteiger partial charge in [0, 0.05) is 11.8 Å². The Bertz CT molecular complexity index is 846. The van der Waals surface area contributed by atoms with Crippen molar-refractivity contribution in [3.63, 3.8) is 0 Å². The molecule has 19 atom stereocenters. The fourth-order valence-electron chi connectivity index (χ4n) is 6.79. The first-order valence-corrected chi connectivity index (χ1v) is 15.5. The molecular formula is C29H52O13. The number of aliphatic hydroxyl groups is 7. The third-order valence-electron chi connectivity index (χ3n) is 9.71. The van der Waals surface area contributed by atoms with Crippen LogP contribution in [0.25, 0.3) is 0 Å². The van der Waals surface area contributed by atoms with Crippen molar-refractivity contribution in [1.82, 2.24) is 0 Å². The van der Waals surface area contributed by atoms with Crippen LogP contribution in [0.1, 0.15) is 60.8 Å². The Kier molecular flexibility index (Phi) is 11.7. The quantitative estimate of drug-likeness (QED) is 0.173. The second-order valence-electron chi connectivity index (χ2n) is 12.8. The van der Waals surface area contributed by atoms with Crippen LogP contribution < -0.4 is 0 Å². The van der Waals surface area contributed by atoms with Crippen molar-refractivity contribution in [1.29, 1.82) is 0 Å². The molecule has 4 aliphatic rings. The molecule has 42 heavy (non-hydrogen) atoms. The minimum absolute atomic E-state index is 0.108. The Morgan fingerprint density at radius 1 is 0.524 bits per heavy atom. The highest BCUT2D eigenvalue weighted by Gasteiger charge is 2.53. The van der Waals surface area contributed by atoms with Crippen LogP contribution >= 0.6 is 0 Å². The first-order valence-electron chi connectivity index (χ1n) is 15.5. The first-order chi connectivity index (χ1) is 19.8. The van der Waals surface area contributed by atoms with E-state index in [9.17, 15) is 35.7 Å². The largest absolute Gasteiger partial charge is 0.394 e. The fraction of sp³-hybridized carbons (Fsp3) is 1.00. The van der Waals surface area contributed by atoms with Gasteiger partial charge < -0.3 is 64.2 Å². The molecular weight excluding hydrogens is 556 g/mol. The van der Waals surface area contributed by atoms with Gasteiger partial charge in [0.2, 0.25) is 0 Å². The molecule has 3 saturated heterocycles. The summed E-state index contributed by atoms with van der Waals surface area (Å²) >= 11 is 0. The molecule has 19 unspecified atom stereocenters. The van der Waals surface area contributed by atoms with Crippen LogP contribution in [0.15, 0.2) is 0 Å². The standard InChI is InChI=1S/C29H52O13/c1-7-15-21(34)19(32)13(5)27(37-15)40-24-12(4)9-11(3)18(31)26(24)42-29-23(36)25(17(10-30)39-29)41-28-14(6)20(33)22(35)16(8-2)38-28/h11-36H,7-10H2,1-6H3. The Morgan fingerprint density at radius 2 is 0.976 bits per heavy atom. The Balaban J connectivity index is 1.50. The van der Waals surface area contributed by atoms with Gasteiger partial charge in [0.25, 0.3) is 0 Å². The molecule has 3 aliphatic heterocycles.